The van der Waals surface area contributed by atoms with Crippen molar-refractivity contribution < 1.29 is 18.7 Å². The lowest BCUT2D eigenvalue weighted by atomic mass is 10.2. The van der Waals surface area contributed by atoms with Crippen molar-refractivity contribution in [3.05, 3.63) is 84.0 Å². The summed E-state index contributed by atoms with van der Waals surface area (Å²) in [5.74, 6) is -0.109. The van der Waals surface area contributed by atoms with Gasteiger partial charge in [-0.2, -0.15) is 0 Å². The van der Waals surface area contributed by atoms with Crippen LogP contribution >= 0.6 is 0 Å². The first-order valence-electron chi connectivity index (χ1n) is 10.2. The standard InChI is InChI=1S/C23H22FN5O3/c24-18-3-1-2-17(12-18)16-32-20-4-5-27-21(14-20)23(31)29-10-8-28(9-11-29)22(30)13-19-15-25-6-7-26-19/h1-7,12,14-15H,8-11,13,16H2. The molecule has 1 fully saturated rings. The van der Waals surface area contributed by atoms with E-state index < -0.39 is 0 Å². The van der Waals surface area contributed by atoms with Crippen LogP contribution in [-0.2, 0) is 17.8 Å². The Bertz CT molecular complexity index is 1090. The van der Waals surface area contributed by atoms with Crippen LogP contribution < -0.4 is 4.74 Å². The number of benzene rings is 1. The van der Waals surface area contributed by atoms with Gasteiger partial charge in [-0.3, -0.25) is 24.5 Å². The van der Waals surface area contributed by atoms with Crippen molar-refractivity contribution in [1.82, 2.24) is 24.8 Å². The fraction of sp³-hybridized carbons (Fsp3) is 0.261. The number of halogens is 1. The van der Waals surface area contributed by atoms with Gasteiger partial charge in [0.25, 0.3) is 5.91 Å². The van der Waals surface area contributed by atoms with E-state index in [1.807, 2.05) is 0 Å². The van der Waals surface area contributed by atoms with E-state index in [-0.39, 0.29) is 36.4 Å². The van der Waals surface area contributed by atoms with Crippen LogP contribution in [0.5, 0.6) is 5.75 Å². The minimum absolute atomic E-state index is 0.0385. The van der Waals surface area contributed by atoms with Gasteiger partial charge in [0.05, 0.1) is 12.1 Å². The SMILES string of the molecule is O=C(Cc1cnccn1)N1CCN(C(=O)c2cc(OCc3cccc(F)c3)ccn2)CC1. The third-order valence-corrected chi connectivity index (χ3v) is 5.11. The third-order valence-electron chi connectivity index (χ3n) is 5.11. The van der Waals surface area contributed by atoms with Crippen LogP contribution in [0.3, 0.4) is 0 Å². The molecule has 4 rings (SSSR count). The summed E-state index contributed by atoms with van der Waals surface area (Å²) in [6.07, 6.45) is 6.39. The summed E-state index contributed by atoms with van der Waals surface area (Å²) >= 11 is 0. The van der Waals surface area contributed by atoms with Crippen molar-refractivity contribution in [2.45, 2.75) is 13.0 Å². The molecule has 0 N–H and O–H groups in total. The van der Waals surface area contributed by atoms with Gasteiger partial charge in [0.15, 0.2) is 0 Å². The molecule has 0 bridgehead atoms. The monoisotopic (exact) mass is 435 g/mol. The first kappa shape index (κ1) is 21.4. The molecule has 0 radical (unpaired) electrons. The van der Waals surface area contributed by atoms with E-state index in [0.29, 0.717) is 43.2 Å². The van der Waals surface area contributed by atoms with Crippen LogP contribution in [0.1, 0.15) is 21.7 Å². The van der Waals surface area contributed by atoms with Crippen LogP contribution in [-0.4, -0.2) is 62.7 Å². The molecule has 32 heavy (non-hydrogen) atoms. The van der Waals surface area contributed by atoms with E-state index in [4.69, 9.17) is 4.74 Å². The molecule has 164 valence electrons. The third kappa shape index (κ3) is 5.42. The van der Waals surface area contributed by atoms with Gasteiger partial charge >= 0.3 is 0 Å². The van der Waals surface area contributed by atoms with E-state index in [2.05, 4.69) is 15.0 Å². The van der Waals surface area contributed by atoms with Gasteiger partial charge in [0, 0.05) is 57.0 Å². The number of ether oxygens (including phenoxy) is 1. The minimum Gasteiger partial charge on any atom is -0.489 e. The quantitative estimate of drug-likeness (QED) is 0.589. The van der Waals surface area contributed by atoms with Crippen molar-refractivity contribution in [1.29, 1.82) is 0 Å². The van der Waals surface area contributed by atoms with Gasteiger partial charge in [0.2, 0.25) is 5.91 Å². The lowest BCUT2D eigenvalue weighted by molar-refractivity contribution is -0.132. The molecule has 9 heteroatoms. The Morgan fingerprint density at radius 1 is 0.969 bits per heavy atom. The maximum absolute atomic E-state index is 13.3. The molecule has 3 aromatic rings. The van der Waals surface area contributed by atoms with Gasteiger partial charge < -0.3 is 14.5 Å². The van der Waals surface area contributed by atoms with Crippen molar-refractivity contribution >= 4 is 11.8 Å². The number of carbonyl (C=O) groups excluding carboxylic acids is 2. The molecule has 3 heterocycles. The minimum atomic E-state index is -0.328. The molecule has 1 saturated heterocycles. The molecule has 2 amide bonds. The van der Waals surface area contributed by atoms with Gasteiger partial charge in [-0.05, 0) is 23.8 Å². The molecule has 0 saturated carbocycles. The Hall–Kier alpha value is -3.88. The average molecular weight is 435 g/mol. The molecule has 8 nitrogen and oxygen atoms in total. The molecule has 0 unspecified atom stereocenters. The normalized spacial score (nSPS) is 13.7. The lowest BCUT2D eigenvalue weighted by Crippen LogP contribution is -2.51. The number of pyridine rings is 1. The smallest absolute Gasteiger partial charge is 0.272 e. The largest absolute Gasteiger partial charge is 0.489 e. The zero-order valence-electron chi connectivity index (χ0n) is 17.4. The zero-order valence-corrected chi connectivity index (χ0v) is 17.4. The van der Waals surface area contributed by atoms with Gasteiger partial charge in [0.1, 0.15) is 23.9 Å². The fourth-order valence-corrected chi connectivity index (χ4v) is 3.42. The number of hydrogen-bond acceptors (Lipinski definition) is 6. The van der Waals surface area contributed by atoms with Crippen molar-refractivity contribution in [3.8, 4) is 5.75 Å². The average Bonchev–Trinajstić information content (AvgIpc) is 2.83. The first-order valence-corrected chi connectivity index (χ1v) is 10.2. The second-order valence-electron chi connectivity index (χ2n) is 7.34. The van der Waals surface area contributed by atoms with Crippen LogP contribution in [0.15, 0.2) is 61.2 Å². The van der Waals surface area contributed by atoms with Gasteiger partial charge in [-0.1, -0.05) is 12.1 Å². The molecule has 0 aliphatic carbocycles. The van der Waals surface area contributed by atoms with E-state index in [0.717, 1.165) is 0 Å². The number of rotatable bonds is 6. The number of amides is 2. The number of hydrogen-bond donors (Lipinski definition) is 0. The van der Waals surface area contributed by atoms with Gasteiger partial charge in [-0.15, -0.1) is 0 Å². The Labute approximate surface area is 184 Å². The molecular formula is C23H22FN5O3. The summed E-state index contributed by atoms with van der Waals surface area (Å²) in [7, 11) is 0. The van der Waals surface area contributed by atoms with Crippen LogP contribution in [0.25, 0.3) is 0 Å². The molecule has 2 aromatic heterocycles. The van der Waals surface area contributed by atoms with E-state index in [1.54, 1.807) is 52.7 Å². The summed E-state index contributed by atoms with van der Waals surface area (Å²) in [6.45, 7) is 1.91. The van der Waals surface area contributed by atoms with Crippen molar-refractivity contribution in [2.24, 2.45) is 0 Å². The number of piperazine rings is 1. The predicted octanol–water partition coefficient (Wildman–Crippen LogP) is 2.12. The van der Waals surface area contributed by atoms with E-state index >= 15 is 0 Å². The Morgan fingerprint density at radius 3 is 2.53 bits per heavy atom. The molecular weight excluding hydrogens is 413 g/mol. The summed E-state index contributed by atoms with van der Waals surface area (Å²) in [6, 6.07) is 9.38. The van der Waals surface area contributed by atoms with Crippen LogP contribution in [0.4, 0.5) is 4.39 Å². The fourth-order valence-electron chi connectivity index (χ4n) is 3.42. The molecule has 1 aliphatic rings. The topological polar surface area (TPSA) is 88.5 Å². The molecule has 1 aromatic carbocycles. The highest BCUT2D eigenvalue weighted by atomic mass is 19.1. The number of carbonyl (C=O) groups is 2. The highest BCUT2D eigenvalue weighted by molar-refractivity contribution is 5.92. The number of nitrogens with zero attached hydrogens (tertiary/aromatic N) is 5. The van der Waals surface area contributed by atoms with Gasteiger partial charge in [-0.25, -0.2) is 4.39 Å². The second-order valence-corrected chi connectivity index (χ2v) is 7.34. The van der Waals surface area contributed by atoms with Crippen molar-refractivity contribution in [3.63, 3.8) is 0 Å². The van der Waals surface area contributed by atoms with Crippen molar-refractivity contribution in [2.75, 3.05) is 26.2 Å². The summed E-state index contributed by atoms with van der Waals surface area (Å²) < 4.78 is 19.0. The predicted molar refractivity (Wildman–Crippen MR) is 113 cm³/mol. The summed E-state index contributed by atoms with van der Waals surface area (Å²) in [5, 5.41) is 0. The molecule has 1 aliphatic heterocycles. The molecule has 0 atom stereocenters. The maximum atomic E-state index is 13.3. The Balaban J connectivity index is 1.31. The van der Waals surface area contributed by atoms with E-state index in [1.165, 1.54) is 18.3 Å². The van der Waals surface area contributed by atoms with Crippen LogP contribution in [0, 0.1) is 5.82 Å². The van der Waals surface area contributed by atoms with Crippen LogP contribution in [0.2, 0.25) is 0 Å². The highest BCUT2D eigenvalue weighted by Crippen LogP contribution is 2.16. The van der Waals surface area contributed by atoms with E-state index in [9.17, 15) is 14.0 Å². The summed E-state index contributed by atoms with van der Waals surface area (Å²) in [4.78, 5) is 41.0. The Morgan fingerprint density at radius 2 is 1.78 bits per heavy atom. The maximum Gasteiger partial charge on any atom is 0.272 e. The second kappa shape index (κ2) is 9.95. The zero-order chi connectivity index (χ0) is 22.3. The molecule has 0 spiro atoms. The number of aromatic nitrogens is 3. The summed E-state index contributed by atoms with van der Waals surface area (Å²) in [5.41, 5.74) is 1.58. The lowest BCUT2D eigenvalue weighted by Gasteiger charge is -2.34. The highest BCUT2D eigenvalue weighted by Gasteiger charge is 2.26. The Kier molecular flexibility index (Phi) is 6.64. The first-order chi connectivity index (χ1) is 15.6.